The molecule has 92 valence electrons. The summed E-state index contributed by atoms with van der Waals surface area (Å²) in [5.41, 5.74) is 2.21. The van der Waals surface area contributed by atoms with Gasteiger partial charge in [-0.15, -0.1) is 0 Å². The van der Waals surface area contributed by atoms with E-state index in [1.165, 1.54) is 11.1 Å². The van der Waals surface area contributed by atoms with Gasteiger partial charge in [0.15, 0.2) is 11.4 Å². The van der Waals surface area contributed by atoms with Gasteiger partial charge in [-0.05, 0) is 36.3 Å². The number of allylic oxidation sites excluding steroid dienone is 2. The van der Waals surface area contributed by atoms with E-state index in [-0.39, 0.29) is 17.6 Å². The van der Waals surface area contributed by atoms with Crippen molar-refractivity contribution >= 4 is 5.78 Å². The molecule has 4 rings (SSSR count). The van der Waals surface area contributed by atoms with Gasteiger partial charge in [-0.2, -0.15) is 0 Å². The molecule has 3 aliphatic rings. The third-order valence-electron chi connectivity index (χ3n) is 5.03. The number of fused-ring (bicyclic) bond motifs is 3. The number of rotatable bonds is 0. The number of carbonyl (C=O) groups is 1. The quantitative estimate of drug-likeness (QED) is 0.707. The molecule has 0 spiro atoms. The number of hydrogen-bond acceptors (Lipinski definition) is 2. The van der Waals surface area contributed by atoms with Crippen LogP contribution in [0.2, 0.25) is 0 Å². The molecule has 0 aromatic heterocycles. The Balaban J connectivity index is 2.01. The summed E-state index contributed by atoms with van der Waals surface area (Å²) in [5.74, 6) is 0.644. The molecule has 1 fully saturated rings. The van der Waals surface area contributed by atoms with Gasteiger partial charge < -0.3 is 5.11 Å². The van der Waals surface area contributed by atoms with E-state index in [0.29, 0.717) is 12.3 Å². The van der Waals surface area contributed by atoms with Crippen molar-refractivity contribution in [3.8, 4) is 0 Å². The van der Waals surface area contributed by atoms with Crippen molar-refractivity contribution in [1.82, 2.24) is 0 Å². The van der Waals surface area contributed by atoms with Crippen molar-refractivity contribution in [2.24, 2.45) is 11.8 Å². The first-order valence-electron chi connectivity index (χ1n) is 6.64. The van der Waals surface area contributed by atoms with E-state index in [4.69, 9.17) is 0 Å². The fourth-order valence-electron chi connectivity index (χ4n) is 4.45. The van der Waals surface area contributed by atoms with Crippen molar-refractivity contribution in [3.05, 3.63) is 47.0 Å². The maximum absolute atomic E-state index is 12.3. The second-order valence-corrected chi connectivity index (χ2v) is 5.99. The van der Waals surface area contributed by atoms with Crippen LogP contribution >= 0.6 is 0 Å². The molecule has 4 atom stereocenters. The van der Waals surface area contributed by atoms with Crippen LogP contribution in [0.4, 0.5) is 0 Å². The molecule has 0 saturated heterocycles. The summed E-state index contributed by atoms with van der Waals surface area (Å²) in [7, 11) is 0. The minimum absolute atomic E-state index is 0.0124. The predicted molar refractivity (Wildman–Crippen MR) is 68.1 cm³/mol. The average molecular weight is 240 g/mol. The van der Waals surface area contributed by atoms with Crippen LogP contribution in [0.5, 0.6) is 0 Å². The molecular formula is C16H16O2. The highest BCUT2D eigenvalue weighted by molar-refractivity contribution is 5.93. The van der Waals surface area contributed by atoms with E-state index in [0.717, 1.165) is 12.0 Å². The maximum atomic E-state index is 12.3. The Bertz CT molecular complexity index is 587. The van der Waals surface area contributed by atoms with Gasteiger partial charge in [-0.1, -0.05) is 35.9 Å². The first-order chi connectivity index (χ1) is 8.62. The Morgan fingerprint density at radius 1 is 1.28 bits per heavy atom. The molecular weight excluding hydrogens is 224 g/mol. The minimum atomic E-state index is -1.21. The third kappa shape index (κ3) is 1.01. The second-order valence-electron chi connectivity index (χ2n) is 5.99. The molecule has 0 radical (unpaired) electrons. The fourth-order valence-corrected chi connectivity index (χ4v) is 4.45. The molecule has 1 N–H and O–H groups in total. The largest absolute Gasteiger partial charge is 0.377 e. The van der Waals surface area contributed by atoms with Crippen molar-refractivity contribution in [2.75, 3.05) is 0 Å². The van der Waals surface area contributed by atoms with Crippen LogP contribution in [0.15, 0.2) is 35.9 Å². The normalized spacial score (nSPS) is 40.4. The van der Waals surface area contributed by atoms with Crippen LogP contribution < -0.4 is 0 Å². The first-order valence-corrected chi connectivity index (χ1v) is 6.64. The number of Topliss-reactive ketones (excluding diaryl/α,β-unsaturated/α-hetero) is 1. The predicted octanol–water partition coefficient (Wildman–Crippen LogP) is 2.53. The molecule has 1 saturated carbocycles. The minimum Gasteiger partial charge on any atom is -0.377 e. The van der Waals surface area contributed by atoms with E-state index in [9.17, 15) is 9.90 Å². The molecule has 0 heterocycles. The van der Waals surface area contributed by atoms with Gasteiger partial charge in [0, 0.05) is 12.3 Å². The van der Waals surface area contributed by atoms with Crippen molar-refractivity contribution in [2.45, 2.75) is 31.3 Å². The number of carbonyl (C=O) groups excluding carboxylic acids is 1. The van der Waals surface area contributed by atoms with Gasteiger partial charge in [-0.3, -0.25) is 4.79 Å². The van der Waals surface area contributed by atoms with E-state index >= 15 is 0 Å². The van der Waals surface area contributed by atoms with Crippen LogP contribution in [-0.2, 0) is 10.4 Å². The Morgan fingerprint density at radius 2 is 2.06 bits per heavy atom. The lowest BCUT2D eigenvalue weighted by Gasteiger charge is -2.32. The maximum Gasteiger partial charge on any atom is 0.169 e. The Labute approximate surface area is 106 Å². The third-order valence-corrected chi connectivity index (χ3v) is 5.03. The van der Waals surface area contributed by atoms with Crippen LogP contribution in [0.25, 0.3) is 0 Å². The zero-order valence-electron chi connectivity index (χ0n) is 10.4. The Kier molecular flexibility index (Phi) is 1.82. The zero-order valence-corrected chi connectivity index (χ0v) is 10.4. The van der Waals surface area contributed by atoms with Gasteiger partial charge in [0.1, 0.15) is 0 Å². The lowest BCUT2D eigenvalue weighted by molar-refractivity contribution is -0.137. The molecule has 0 amide bonds. The van der Waals surface area contributed by atoms with E-state index < -0.39 is 5.60 Å². The molecule has 18 heavy (non-hydrogen) atoms. The summed E-state index contributed by atoms with van der Waals surface area (Å²) >= 11 is 0. The molecule has 1 aromatic carbocycles. The van der Waals surface area contributed by atoms with Crippen molar-refractivity contribution in [3.63, 3.8) is 0 Å². The monoisotopic (exact) mass is 240 g/mol. The van der Waals surface area contributed by atoms with Gasteiger partial charge >= 0.3 is 0 Å². The smallest absolute Gasteiger partial charge is 0.169 e. The average Bonchev–Trinajstić information content (AvgIpc) is 2.75. The topological polar surface area (TPSA) is 37.3 Å². The first kappa shape index (κ1) is 10.5. The van der Waals surface area contributed by atoms with Gasteiger partial charge in [0.05, 0.1) is 0 Å². The molecule has 2 nitrogen and oxygen atoms in total. The molecule has 1 aromatic rings. The lowest BCUT2D eigenvalue weighted by Crippen LogP contribution is -2.36. The van der Waals surface area contributed by atoms with E-state index in [1.807, 2.05) is 18.2 Å². The van der Waals surface area contributed by atoms with Crippen LogP contribution in [0, 0.1) is 11.8 Å². The Morgan fingerprint density at radius 3 is 2.89 bits per heavy atom. The summed E-state index contributed by atoms with van der Waals surface area (Å²) < 4.78 is 0. The van der Waals surface area contributed by atoms with Gasteiger partial charge in [-0.25, -0.2) is 0 Å². The highest BCUT2D eigenvalue weighted by Crippen LogP contribution is 2.61. The number of hydrogen-bond donors (Lipinski definition) is 1. The second kappa shape index (κ2) is 3.12. The summed E-state index contributed by atoms with van der Waals surface area (Å²) in [4.78, 5) is 12.3. The highest BCUT2D eigenvalue weighted by Gasteiger charge is 2.62. The molecule has 4 unspecified atom stereocenters. The summed E-state index contributed by atoms with van der Waals surface area (Å²) in [6.45, 7) is 2.14. The van der Waals surface area contributed by atoms with Crippen LogP contribution in [0.1, 0.15) is 36.8 Å². The molecule has 0 bridgehead atoms. The van der Waals surface area contributed by atoms with Crippen LogP contribution in [0.3, 0.4) is 0 Å². The van der Waals surface area contributed by atoms with E-state index in [1.54, 1.807) is 0 Å². The summed E-state index contributed by atoms with van der Waals surface area (Å²) in [5, 5.41) is 11.0. The summed E-state index contributed by atoms with van der Waals surface area (Å²) in [6.07, 6.45) is 3.69. The Hall–Kier alpha value is -1.41. The van der Waals surface area contributed by atoms with Gasteiger partial charge in [0.25, 0.3) is 0 Å². The number of ketones is 1. The van der Waals surface area contributed by atoms with Crippen LogP contribution in [-0.4, -0.2) is 10.9 Å². The molecule has 2 heteroatoms. The zero-order chi connectivity index (χ0) is 12.5. The fraction of sp³-hybridized carbons (Fsp3) is 0.438. The number of benzene rings is 1. The van der Waals surface area contributed by atoms with E-state index in [2.05, 4.69) is 19.1 Å². The molecule has 3 aliphatic carbocycles. The SMILES string of the molecule is CC1=CC2CC(=O)C3(O)c4ccccc4C(C1)C23. The van der Waals surface area contributed by atoms with Crippen molar-refractivity contribution < 1.29 is 9.90 Å². The standard InChI is InChI=1S/C16H16O2/c1-9-6-10-8-14(17)16(18)13-5-3-2-4-11(13)12(7-9)15(10)16/h2-6,10,12,15,18H,7-8H2,1H3. The summed E-state index contributed by atoms with van der Waals surface area (Å²) in [6, 6.07) is 7.95. The highest BCUT2D eigenvalue weighted by atomic mass is 16.3. The molecule has 0 aliphatic heterocycles. The van der Waals surface area contributed by atoms with Gasteiger partial charge in [0.2, 0.25) is 0 Å². The number of aliphatic hydroxyl groups is 1. The lowest BCUT2D eigenvalue weighted by atomic mass is 9.73. The van der Waals surface area contributed by atoms with Crippen molar-refractivity contribution in [1.29, 1.82) is 0 Å².